The topological polar surface area (TPSA) is 52.9 Å². The highest BCUT2D eigenvalue weighted by molar-refractivity contribution is 5.92. The van der Waals surface area contributed by atoms with Crippen LogP contribution in [0.4, 0.5) is 14.5 Å². The number of alkyl halides is 2. The summed E-state index contributed by atoms with van der Waals surface area (Å²) in [7, 11) is 0. The van der Waals surface area contributed by atoms with Crippen molar-refractivity contribution in [2.24, 2.45) is 0 Å². The largest absolute Gasteiger partial charge is 0.325 e. The van der Waals surface area contributed by atoms with E-state index in [0.717, 1.165) is 6.92 Å². The molecule has 0 aliphatic rings. The zero-order valence-corrected chi connectivity index (χ0v) is 8.63. The first-order chi connectivity index (χ1) is 7.43. The van der Waals surface area contributed by atoms with E-state index in [0.29, 0.717) is 0 Å². The molecule has 0 radical (unpaired) electrons. The first-order valence-corrected chi connectivity index (χ1v) is 4.58. The van der Waals surface area contributed by atoms with Crippen molar-refractivity contribution in [3.8, 4) is 6.07 Å². The predicted octanol–water partition coefficient (Wildman–Crippen LogP) is 2.65. The van der Waals surface area contributed by atoms with Gasteiger partial charge in [-0.25, -0.2) is 8.78 Å². The second-order valence-corrected chi connectivity index (χ2v) is 3.35. The van der Waals surface area contributed by atoms with E-state index in [1.807, 2.05) is 0 Å². The van der Waals surface area contributed by atoms with Crippen LogP contribution in [-0.4, -0.2) is 5.91 Å². The maximum atomic E-state index is 13.0. The van der Waals surface area contributed by atoms with Crippen molar-refractivity contribution >= 4 is 11.6 Å². The molecule has 3 nitrogen and oxygen atoms in total. The number of nitrogens with one attached hydrogen (secondary N) is 1. The van der Waals surface area contributed by atoms with Gasteiger partial charge in [0, 0.05) is 18.2 Å². The normalized spacial score (nSPS) is 10.6. The summed E-state index contributed by atoms with van der Waals surface area (Å²) < 4.78 is 25.9. The molecule has 0 atom stereocenters. The van der Waals surface area contributed by atoms with Gasteiger partial charge in [0.05, 0.1) is 6.07 Å². The molecule has 0 aliphatic heterocycles. The molecule has 1 amide bonds. The van der Waals surface area contributed by atoms with Gasteiger partial charge in [-0.15, -0.1) is 0 Å². The third kappa shape index (κ3) is 3.31. The Balaban J connectivity index is 2.84. The van der Waals surface area contributed by atoms with Gasteiger partial charge in [0.1, 0.15) is 6.42 Å². The Morgan fingerprint density at radius 3 is 2.81 bits per heavy atom. The van der Waals surface area contributed by atoms with Crippen LogP contribution in [0, 0.1) is 11.3 Å². The highest BCUT2D eigenvalue weighted by Gasteiger charge is 2.24. The van der Waals surface area contributed by atoms with Crippen LogP contribution in [0.25, 0.3) is 0 Å². The molecule has 0 spiro atoms. The molecule has 1 rings (SSSR count). The average molecular weight is 224 g/mol. The molecule has 84 valence electrons. The number of nitriles is 1. The van der Waals surface area contributed by atoms with Crippen molar-refractivity contribution in [2.45, 2.75) is 19.3 Å². The van der Waals surface area contributed by atoms with Gasteiger partial charge in [-0.05, 0) is 12.1 Å². The number of hydrogen-bond donors (Lipinski definition) is 1. The lowest BCUT2D eigenvalue weighted by atomic mass is 10.1. The highest BCUT2D eigenvalue weighted by atomic mass is 19.3. The minimum absolute atomic E-state index is 0.178. The van der Waals surface area contributed by atoms with Crippen molar-refractivity contribution in [1.82, 2.24) is 0 Å². The number of halogens is 2. The van der Waals surface area contributed by atoms with Crippen LogP contribution in [0.5, 0.6) is 0 Å². The summed E-state index contributed by atoms with van der Waals surface area (Å²) >= 11 is 0. The van der Waals surface area contributed by atoms with E-state index in [4.69, 9.17) is 5.26 Å². The Morgan fingerprint density at radius 1 is 1.56 bits per heavy atom. The van der Waals surface area contributed by atoms with E-state index in [2.05, 4.69) is 5.32 Å². The molecule has 1 aromatic carbocycles. The van der Waals surface area contributed by atoms with Crippen LogP contribution >= 0.6 is 0 Å². The Hall–Kier alpha value is -1.96. The number of carbonyl (C=O) groups is 1. The van der Waals surface area contributed by atoms with Crippen molar-refractivity contribution in [3.05, 3.63) is 29.8 Å². The molecule has 0 fully saturated rings. The molecule has 0 heterocycles. The van der Waals surface area contributed by atoms with Crippen LogP contribution in [0.15, 0.2) is 24.3 Å². The van der Waals surface area contributed by atoms with Gasteiger partial charge in [0.2, 0.25) is 5.91 Å². The van der Waals surface area contributed by atoms with Gasteiger partial charge in [0.15, 0.2) is 0 Å². The number of amides is 1. The van der Waals surface area contributed by atoms with Crippen LogP contribution in [-0.2, 0) is 10.7 Å². The van der Waals surface area contributed by atoms with Crippen LogP contribution in [0.2, 0.25) is 0 Å². The summed E-state index contributed by atoms with van der Waals surface area (Å²) in [6.45, 7) is 0.781. The van der Waals surface area contributed by atoms with Gasteiger partial charge in [0.25, 0.3) is 5.92 Å². The molecule has 0 saturated heterocycles. The quantitative estimate of drug-likeness (QED) is 0.858. The van der Waals surface area contributed by atoms with E-state index < -0.39 is 11.8 Å². The number of rotatable bonds is 3. The monoisotopic (exact) mass is 224 g/mol. The molecule has 1 N–H and O–H groups in total. The molecule has 0 unspecified atom stereocenters. The molecular weight excluding hydrogens is 214 g/mol. The minimum Gasteiger partial charge on any atom is -0.325 e. The summed E-state index contributed by atoms with van der Waals surface area (Å²) in [5.74, 6) is -3.46. The number of carbonyl (C=O) groups excluding carboxylic acids is 1. The molecule has 0 bridgehead atoms. The molecule has 1 aromatic rings. The summed E-state index contributed by atoms with van der Waals surface area (Å²) in [5, 5.41) is 10.6. The van der Waals surface area contributed by atoms with Gasteiger partial charge in [-0.3, -0.25) is 4.79 Å². The van der Waals surface area contributed by atoms with E-state index in [-0.39, 0.29) is 17.7 Å². The van der Waals surface area contributed by atoms with E-state index in [1.54, 1.807) is 6.07 Å². The summed E-state index contributed by atoms with van der Waals surface area (Å²) in [4.78, 5) is 11.1. The Morgan fingerprint density at radius 2 is 2.25 bits per heavy atom. The van der Waals surface area contributed by atoms with Gasteiger partial charge >= 0.3 is 0 Å². The maximum absolute atomic E-state index is 13.0. The first-order valence-electron chi connectivity index (χ1n) is 4.58. The zero-order chi connectivity index (χ0) is 12.2. The van der Waals surface area contributed by atoms with Gasteiger partial charge in [-0.1, -0.05) is 12.1 Å². The van der Waals surface area contributed by atoms with Crippen molar-refractivity contribution in [1.29, 1.82) is 5.26 Å². The molecule has 5 heteroatoms. The van der Waals surface area contributed by atoms with Gasteiger partial charge in [-0.2, -0.15) is 5.26 Å². The van der Waals surface area contributed by atoms with Crippen LogP contribution < -0.4 is 5.32 Å². The third-order valence-electron chi connectivity index (χ3n) is 1.89. The maximum Gasteiger partial charge on any atom is 0.270 e. The average Bonchev–Trinajstić information content (AvgIpc) is 2.17. The highest BCUT2D eigenvalue weighted by Crippen LogP contribution is 2.28. The Labute approximate surface area is 91.7 Å². The summed E-state index contributed by atoms with van der Waals surface area (Å²) in [6, 6.07) is 7.06. The van der Waals surface area contributed by atoms with E-state index in [9.17, 15) is 13.6 Å². The predicted molar refractivity (Wildman–Crippen MR) is 54.9 cm³/mol. The molecule has 0 aromatic heterocycles. The molecule has 16 heavy (non-hydrogen) atoms. The molecule has 0 aliphatic carbocycles. The number of benzene rings is 1. The lowest BCUT2D eigenvalue weighted by Crippen LogP contribution is -2.12. The molecular formula is C11H10F2N2O. The van der Waals surface area contributed by atoms with Crippen LogP contribution in [0.3, 0.4) is 0 Å². The fourth-order valence-corrected chi connectivity index (χ4v) is 1.15. The standard InChI is InChI=1S/C11H10F2N2O/c1-11(12,13)8-3-2-4-9(7-8)15-10(16)5-6-14/h2-4,7H,5H2,1H3,(H,15,16). The number of hydrogen-bond acceptors (Lipinski definition) is 2. The second-order valence-electron chi connectivity index (χ2n) is 3.35. The Bertz CT molecular complexity index is 432. The minimum atomic E-state index is -2.95. The number of anilines is 1. The van der Waals surface area contributed by atoms with E-state index in [1.165, 1.54) is 24.3 Å². The first kappa shape index (κ1) is 12.1. The second kappa shape index (κ2) is 4.71. The fraction of sp³-hybridized carbons (Fsp3) is 0.273. The lowest BCUT2D eigenvalue weighted by Gasteiger charge is -2.12. The number of nitrogens with zero attached hydrogens (tertiary/aromatic N) is 1. The van der Waals surface area contributed by atoms with Crippen molar-refractivity contribution < 1.29 is 13.6 Å². The summed E-state index contributed by atoms with van der Waals surface area (Å²) in [5.41, 5.74) is 0.0848. The Kier molecular flexibility index (Phi) is 3.56. The van der Waals surface area contributed by atoms with Crippen molar-refractivity contribution in [2.75, 3.05) is 5.32 Å². The fourth-order valence-electron chi connectivity index (χ4n) is 1.15. The molecule has 0 saturated carbocycles. The van der Waals surface area contributed by atoms with Crippen molar-refractivity contribution in [3.63, 3.8) is 0 Å². The SMILES string of the molecule is CC(F)(F)c1cccc(NC(=O)CC#N)c1. The van der Waals surface area contributed by atoms with Crippen LogP contribution in [0.1, 0.15) is 18.9 Å². The van der Waals surface area contributed by atoms with Gasteiger partial charge < -0.3 is 5.32 Å². The smallest absolute Gasteiger partial charge is 0.270 e. The zero-order valence-electron chi connectivity index (χ0n) is 8.63. The third-order valence-corrected chi connectivity index (χ3v) is 1.89. The van der Waals surface area contributed by atoms with E-state index >= 15 is 0 Å². The lowest BCUT2D eigenvalue weighted by molar-refractivity contribution is -0.115. The summed E-state index contributed by atoms with van der Waals surface area (Å²) in [6.07, 6.45) is -0.299.